The molecule has 1 saturated heterocycles. The summed E-state index contributed by atoms with van der Waals surface area (Å²) in [5.41, 5.74) is 0.647. The minimum Gasteiger partial charge on any atom is -0.347 e. The van der Waals surface area contributed by atoms with Crippen LogP contribution in [0.4, 0.5) is 18.9 Å². The number of carbonyl (C=O) groups excluding carboxylic acids is 2. The van der Waals surface area contributed by atoms with Crippen LogP contribution >= 0.6 is 11.8 Å². The summed E-state index contributed by atoms with van der Waals surface area (Å²) in [5.74, 6) is -1.76. The van der Waals surface area contributed by atoms with Crippen LogP contribution in [-0.4, -0.2) is 37.3 Å². The van der Waals surface area contributed by atoms with Crippen LogP contribution in [0.1, 0.15) is 6.42 Å². The molecule has 2 amide bonds. The summed E-state index contributed by atoms with van der Waals surface area (Å²) in [6, 6.07) is 7.23. The Bertz CT molecular complexity index is 560. The lowest BCUT2D eigenvalue weighted by molar-refractivity contribution is -0.140. The Morgan fingerprint density at radius 2 is 2.00 bits per heavy atom. The van der Waals surface area contributed by atoms with Crippen LogP contribution in [0.5, 0.6) is 0 Å². The number of nitrogens with zero attached hydrogens (tertiary/aromatic N) is 1. The zero-order valence-corrected chi connectivity index (χ0v) is 12.6. The molecule has 8 heteroatoms. The summed E-state index contributed by atoms with van der Waals surface area (Å²) >= 11 is 1.56. The largest absolute Gasteiger partial charge is 0.405 e. The molecule has 0 aliphatic carbocycles. The Balaban J connectivity index is 1.99. The molecule has 1 heterocycles. The highest BCUT2D eigenvalue weighted by molar-refractivity contribution is 7.98. The molecular formula is C14H15F3N2O2S. The van der Waals surface area contributed by atoms with Gasteiger partial charge in [-0.25, -0.2) is 0 Å². The van der Waals surface area contributed by atoms with Crippen LogP contribution in [0.25, 0.3) is 0 Å². The van der Waals surface area contributed by atoms with Gasteiger partial charge in [0.25, 0.3) is 0 Å². The topological polar surface area (TPSA) is 49.4 Å². The molecule has 0 radical (unpaired) electrons. The molecule has 22 heavy (non-hydrogen) atoms. The highest BCUT2D eigenvalue weighted by Gasteiger charge is 2.36. The van der Waals surface area contributed by atoms with E-state index in [-0.39, 0.29) is 18.9 Å². The van der Waals surface area contributed by atoms with Crippen LogP contribution in [-0.2, 0) is 9.59 Å². The van der Waals surface area contributed by atoms with E-state index in [9.17, 15) is 22.8 Å². The predicted octanol–water partition coefficient (Wildman–Crippen LogP) is 2.44. The minimum absolute atomic E-state index is 0.0754. The zero-order valence-electron chi connectivity index (χ0n) is 11.8. The third kappa shape index (κ3) is 4.16. The number of thioether (sulfide) groups is 1. The van der Waals surface area contributed by atoms with E-state index in [4.69, 9.17) is 0 Å². The zero-order chi connectivity index (χ0) is 16.3. The summed E-state index contributed by atoms with van der Waals surface area (Å²) in [4.78, 5) is 26.2. The Morgan fingerprint density at radius 3 is 2.55 bits per heavy atom. The van der Waals surface area contributed by atoms with Crippen molar-refractivity contribution in [2.45, 2.75) is 17.5 Å². The monoisotopic (exact) mass is 332 g/mol. The SMILES string of the molecule is CSc1ccc(N2C[C@H](C(=O)NCC(F)(F)F)CC2=O)cc1. The summed E-state index contributed by atoms with van der Waals surface area (Å²) < 4.78 is 36.3. The second kappa shape index (κ2) is 6.60. The number of nitrogens with one attached hydrogen (secondary N) is 1. The van der Waals surface area contributed by atoms with E-state index in [1.54, 1.807) is 23.9 Å². The Hall–Kier alpha value is -1.70. The summed E-state index contributed by atoms with van der Waals surface area (Å²) in [7, 11) is 0. The average molecular weight is 332 g/mol. The van der Waals surface area contributed by atoms with Crippen LogP contribution < -0.4 is 10.2 Å². The lowest BCUT2D eigenvalue weighted by atomic mass is 10.1. The van der Waals surface area contributed by atoms with Crippen molar-refractivity contribution in [3.63, 3.8) is 0 Å². The first-order valence-electron chi connectivity index (χ1n) is 6.59. The molecule has 1 atom stereocenters. The van der Waals surface area contributed by atoms with E-state index in [2.05, 4.69) is 0 Å². The maximum absolute atomic E-state index is 12.1. The number of hydrogen-bond donors (Lipinski definition) is 1. The quantitative estimate of drug-likeness (QED) is 0.862. The molecule has 1 aliphatic rings. The number of hydrogen-bond acceptors (Lipinski definition) is 3. The molecule has 1 aromatic rings. The smallest absolute Gasteiger partial charge is 0.347 e. The van der Waals surface area contributed by atoms with Crippen molar-refractivity contribution < 1.29 is 22.8 Å². The van der Waals surface area contributed by atoms with Crippen molar-refractivity contribution in [2.75, 3.05) is 24.2 Å². The van der Waals surface area contributed by atoms with Crippen molar-refractivity contribution in [3.8, 4) is 0 Å². The second-order valence-corrected chi connectivity index (χ2v) is 5.82. The molecule has 4 nitrogen and oxygen atoms in total. The minimum atomic E-state index is -4.45. The first kappa shape index (κ1) is 16.7. The number of halogens is 3. The Labute approximate surface area is 130 Å². The van der Waals surface area contributed by atoms with E-state index >= 15 is 0 Å². The van der Waals surface area contributed by atoms with E-state index in [1.165, 1.54) is 4.90 Å². The van der Waals surface area contributed by atoms with E-state index < -0.39 is 24.5 Å². The molecule has 2 rings (SSSR count). The first-order chi connectivity index (χ1) is 10.3. The van der Waals surface area contributed by atoms with Crippen LogP contribution in [0, 0.1) is 5.92 Å². The fourth-order valence-corrected chi connectivity index (χ4v) is 2.63. The highest BCUT2D eigenvalue weighted by atomic mass is 32.2. The maximum Gasteiger partial charge on any atom is 0.405 e. The molecule has 1 N–H and O–H groups in total. The number of carbonyl (C=O) groups is 2. The first-order valence-corrected chi connectivity index (χ1v) is 7.81. The predicted molar refractivity (Wildman–Crippen MR) is 77.7 cm³/mol. The molecule has 1 fully saturated rings. The maximum atomic E-state index is 12.1. The summed E-state index contributed by atoms with van der Waals surface area (Å²) in [5, 5.41) is 1.83. The third-order valence-corrected chi connectivity index (χ3v) is 4.09. The summed E-state index contributed by atoms with van der Waals surface area (Å²) in [6.45, 7) is -1.28. The van der Waals surface area contributed by atoms with Crippen LogP contribution in [0.3, 0.4) is 0 Å². The number of benzene rings is 1. The molecule has 0 spiro atoms. The van der Waals surface area contributed by atoms with Crippen molar-refractivity contribution >= 4 is 29.3 Å². The van der Waals surface area contributed by atoms with Crippen molar-refractivity contribution in [2.24, 2.45) is 5.92 Å². The van der Waals surface area contributed by atoms with Gasteiger partial charge >= 0.3 is 6.18 Å². The van der Waals surface area contributed by atoms with E-state index in [1.807, 2.05) is 23.7 Å². The third-order valence-electron chi connectivity index (χ3n) is 3.34. The van der Waals surface area contributed by atoms with Gasteiger partial charge in [0.05, 0.1) is 5.92 Å². The number of amides is 2. The van der Waals surface area contributed by atoms with Crippen molar-refractivity contribution in [3.05, 3.63) is 24.3 Å². The fourth-order valence-electron chi connectivity index (χ4n) is 2.23. The van der Waals surface area contributed by atoms with Crippen LogP contribution in [0.15, 0.2) is 29.2 Å². The summed E-state index contributed by atoms with van der Waals surface area (Å²) in [6.07, 6.45) is -2.60. The number of alkyl halides is 3. The second-order valence-electron chi connectivity index (χ2n) is 4.94. The van der Waals surface area contributed by atoms with Gasteiger partial charge in [-0.2, -0.15) is 13.2 Å². The average Bonchev–Trinajstić information content (AvgIpc) is 2.86. The molecule has 1 aliphatic heterocycles. The van der Waals surface area contributed by atoms with Crippen molar-refractivity contribution in [1.29, 1.82) is 0 Å². The number of rotatable bonds is 4. The van der Waals surface area contributed by atoms with Gasteiger partial charge in [0.15, 0.2) is 0 Å². The van der Waals surface area contributed by atoms with Gasteiger partial charge in [0, 0.05) is 23.5 Å². The number of anilines is 1. The van der Waals surface area contributed by atoms with E-state index in [0.29, 0.717) is 5.69 Å². The molecular weight excluding hydrogens is 317 g/mol. The van der Waals surface area contributed by atoms with Gasteiger partial charge < -0.3 is 10.2 Å². The highest BCUT2D eigenvalue weighted by Crippen LogP contribution is 2.27. The lowest BCUT2D eigenvalue weighted by Crippen LogP contribution is -2.38. The standard InChI is InChI=1S/C14H15F3N2O2S/c1-22-11-4-2-10(3-5-11)19-7-9(6-12(19)20)13(21)18-8-14(15,16)17/h2-5,9H,6-8H2,1H3,(H,18,21)/t9-/m1/s1. The molecule has 0 aromatic heterocycles. The molecule has 0 unspecified atom stereocenters. The molecule has 0 saturated carbocycles. The molecule has 1 aromatic carbocycles. The Morgan fingerprint density at radius 1 is 1.36 bits per heavy atom. The lowest BCUT2D eigenvalue weighted by Gasteiger charge is -2.17. The van der Waals surface area contributed by atoms with Gasteiger partial charge in [-0.15, -0.1) is 11.8 Å². The normalized spacial score (nSPS) is 18.6. The van der Waals surface area contributed by atoms with Gasteiger partial charge in [-0.05, 0) is 30.5 Å². The van der Waals surface area contributed by atoms with Crippen molar-refractivity contribution in [1.82, 2.24) is 5.32 Å². The molecule has 0 bridgehead atoms. The Kier molecular flexibility index (Phi) is 5.00. The van der Waals surface area contributed by atoms with Gasteiger partial charge in [-0.1, -0.05) is 0 Å². The fraction of sp³-hybridized carbons (Fsp3) is 0.429. The van der Waals surface area contributed by atoms with Gasteiger partial charge in [0.1, 0.15) is 6.54 Å². The van der Waals surface area contributed by atoms with E-state index in [0.717, 1.165) is 4.90 Å². The van der Waals surface area contributed by atoms with Gasteiger partial charge in [0.2, 0.25) is 11.8 Å². The molecule has 120 valence electrons. The van der Waals surface area contributed by atoms with Crippen LogP contribution in [0.2, 0.25) is 0 Å². The van der Waals surface area contributed by atoms with Gasteiger partial charge in [-0.3, -0.25) is 9.59 Å².